The Labute approximate surface area is 82.9 Å². The van der Waals surface area contributed by atoms with E-state index in [1.54, 1.807) is 6.92 Å². The average molecular weight is 192 g/mol. The van der Waals surface area contributed by atoms with Crippen LogP contribution in [0.25, 0.3) is 6.08 Å². The molecule has 13 heavy (non-hydrogen) atoms. The number of carbonyl (C=O) groups is 1. The van der Waals surface area contributed by atoms with Crippen LogP contribution in [0.4, 0.5) is 0 Å². The van der Waals surface area contributed by atoms with Gasteiger partial charge >= 0.3 is 0 Å². The van der Waals surface area contributed by atoms with Gasteiger partial charge in [0.15, 0.2) is 5.12 Å². The highest BCUT2D eigenvalue weighted by atomic mass is 32.2. The molecule has 1 nitrogen and oxygen atoms in total. The first-order chi connectivity index (χ1) is 6.24. The van der Waals surface area contributed by atoms with Gasteiger partial charge in [0.2, 0.25) is 0 Å². The Hall–Kier alpha value is -1.02. The maximum atomic E-state index is 10.9. The molecule has 0 aliphatic carbocycles. The first kappa shape index (κ1) is 10.1. The van der Waals surface area contributed by atoms with E-state index in [4.69, 9.17) is 0 Å². The molecule has 0 atom stereocenters. The van der Waals surface area contributed by atoms with Crippen molar-refractivity contribution in [1.82, 2.24) is 0 Å². The number of allylic oxidation sites excluding steroid dienone is 1. The monoisotopic (exact) mass is 192 g/mol. The Balaban J connectivity index is 2.97. The summed E-state index contributed by atoms with van der Waals surface area (Å²) in [4.78, 5) is 11.9. The van der Waals surface area contributed by atoms with E-state index in [-0.39, 0.29) is 5.12 Å². The number of rotatable bonds is 2. The second kappa shape index (κ2) is 4.87. The van der Waals surface area contributed by atoms with E-state index in [9.17, 15) is 4.79 Å². The fraction of sp³-hybridized carbons (Fsp3) is 0.182. The lowest BCUT2D eigenvalue weighted by molar-refractivity contribution is -0.109. The van der Waals surface area contributed by atoms with Crippen molar-refractivity contribution in [3.05, 3.63) is 35.9 Å². The zero-order chi connectivity index (χ0) is 9.68. The van der Waals surface area contributed by atoms with Crippen LogP contribution in [-0.4, -0.2) is 5.12 Å². The van der Waals surface area contributed by atoms with E-state index in [0.717, 1.165) is 10.5 Å². The summed E-state index contributed by atoms with van der Waals surface area (Å²) < 4.78 is 0. The Kier molecular flexibility index (Phi) is 3.77. The Morgan fingerprint density at radius 3 is 2.69 bits per heavy atom. The summed E-state index contributed by atoms with van der Waals surface area (Å²) in [6, 6.07) is 7.88. The first-order valence-electron chi connectivity index (χ1n) is 4.14. The second-order valence-electron chi connectivity index (χ2n) is 2.63. The minimum atomic E-state index is 0.122. The Morgan fingerprint density at radius 1 is 1.38 bits per heavy atom. The van der Waals surface area contributed by atoms with Crippen LogP contribution in [0.2, 0.25) is 0 Å². The van der Waals surface area contributed by atoms with Gasteiger partial charge in [-0.2, -0.15) is 0 Å². The van der Waals surface area contributed by atoms with Gasteiger partial charge in [-0.1, -0.05) is 42.1 Å². The van der Waals surface area contributed by atoms with Crippen LogP contribution in [0.15, 0.2) is 35.2 Å². The summed E-state index contributed by atoms with van der Waals surface area (Å²) in [5.41, 5.74) is 1.10. The zero-order valence-electron chi connectivity index (χ0n) is 7.78. The van der Waals surface area contributed by atoms with Crippen LogP contribution in [-0.2, 0) is 4.79 Å². The predicted octanol–water partition coefficient (Wildman–Crippen LogP) is 3.36. The average Bonchev–Trinajstić information content (AvgIpc) is 2.08. The van der Waals surface area contributed by atoms with Crippen LogP contribution in [0.1, 0.15) is 19.4 Å². The van der Waals surface area contributed by atoms with Crippen LogP contribution >= 0.6 is 11.8 Å². The lowest BCUT2D eigenvalue weighted by Crippen LogP contribution is -1.84. The van der Waals surface area contributed by atoms with Crippen molar-refractivity contribution in [3.8, 4) is 0 Å². The third-order valence-corrected chi connectivity index (χ3v) is 2.40. The topological polar surface area (TPSA) is 17.1 Å². The van der Waals surface area contributed by atoms with Crippen LogP contribution in [0.3, 0.4) is 0 Å². The van der Waals surface area contributed by atoms with Crippen molar-refractivity contribution in [2.45, 2.75) is 18.7 Å². The van der Waals surface area contributed by atoms with E-state index < -0.39 is 0 Å². The SMILES string of the molecule is CC=Cc1ccccc1SC(C)=O. The molecule has 0 aromatic heterocycles. The fourth-order valence-corrected chi connectivity index (χ4v) is 1.76. The molecule has 0 amide bonds. The summed E-state index contributed by atoms with van der Waals surface area (Å²) in [5, 5.41) is 0.122. The second-order valence-corrected chi connectivity index (χ2v) is 3.85. The highest BCUT2D eigenvalue weighted by Gasteiger charge is 2.01. The Morgan fingerprint density at radius 2 is 2.08 bits per heavy atom. The smallest absolute Gasteiger partial charge is 0.190 e. The molecule has 1 aromatic rings. The van der Waals surface area contributed by atoms with Crippen LogP contribution in [0, 0.1) is 0 Å². The van der Waals surface area contributed by atoms with Gasteiger partial charge < -0.3 is 0 Å². The van der Waals surface area contributed by atoms with E-state index in [0.29, 0.717) is 0 Å². The fourth-order valence-electron chi connectivity index (χ4n) is 1.05. The molecule has 0 radical (unpaired) electrons. The highest BCUT2D eigenvalue weighted by Crippen LogP contribution is 2.23. The number of hydrogen-bond donors (Lipinski definition) is 0. The van der Waals surface area contributed by atoms with Gasteiger partial charge in [0, 0.05) is 11.8 Å². The molecule has 1 rings (SSSR count). The summed E-state index contributed by atoms with van der Waals surface area (Å²) >= 11 is 1.27. The van der Waals surface area contributed by atoms with Crippen LogP contribution < -0.4 is 0 Å². The molecule has 1 aromatic carbocycles. The third kappa shape index (κ3) is 3.07. The molecule has 0 N–H and O–H groups in total. The van der Waals surface area contributed by atoms with Crippen molar-refractivity contribution in [2.75, 3.05) is 0 Å². The van der Waals surface area contributed by atoms with Gasteiger partial charge in [-0.05, 0) is 18.6 Å². The van der Waals surface area contributed by atoms with Crippen LogP contribution in [0.5, 0.6) is 0 Å². The van der Waals surface area contributed by atoms with Crippen molar-refractivity contribution >= 4 is 23.0 Å². The highest BCUT2D eigenvalue weighted by molar-refractivity contribution is 8.13. The Bertz CT molecular complexity index is 329. The number of benzene rings is 1. The molecule has 0 saturated heterocycles. The maximum absolute atomic E-state index is 10.9. The van der Waals surface area contributed by atoms with Gasteiger partial charge in [0.25, 0.3) is 0 Å². The van der Waals surface area contributed by atoms with Gasteiger partial charge in [0.1, 0.15) is 0 Å². The minimum absolute atomic E-state index is 0.122. The molecular weight excluding hydrogens is 180 g/mol. The van der Waals surface area contributed by atoms with E-state index in [1.807, 2.05) is 43.3 Å². The summed E-state index contributed by atoms with van der Waals surface area (Å²) in [5.74, 6) is 0. The van der Waals surface area contributed by atoms with E-state index in [1.165, 1.54) is 11.8 Å². The lowest BCUT2D eigenvalue weighted by Gasteiger charge is -2.01. The molecule has 0 fully saturated rings. The quantitative estimate of drug-likeness (QED) is 0.668. The summed E-state index contributed by atoms with van der Waals surface area (Å²) in [6.45, 7) is 3.55. The molecule has 0 aliphatic heterocycles. The van der Waals surface area contributed by atoms with Crippen molar-refractivity contribution in [3.63, 3.8) is 0 Å². The largest absolute Gasteiger partial charge is 0.287 e. The van der Waals surface area contributed by atoms with Gasteiger partial charge in [-0.15, -0.1) is 0 Å². The molecule has 0 spiro atoms. The molecule has 0 bridgehead atoms. The molecule has 2 heteroatoms. The zero-order valence-corrected chi connectivity index (χ0v) is 8.60. The molecule has 0 unspecified atom stereocenters. The first-order valence-corrected chi connectivity index (χ1v) is 4.96. The van der Waals surface area contributed by atoms with Crippen molar-refractivity contribution in [2.24, 2.45) is 0 Å². The predicted molar refractivity (Wildman–Crippen MR) is 57.7 cm³/mol. The molecule has 68 valence electrons. The molecule has 0 heterocycles. The normalized spacial score (nSPS) is 10.6. The van der Waals surface area contributed by atoms with Gasteiger partial charge in [-0.3, -0.25) is 4.79 Å². The number of hydrogen-bond acceptors (Lipinski definition) is 2. The third-order valence-electron chi connectivity index (χ3n) is 1.52. The van der Waals surface area contributed by atoms with E-state index in [2.05, 4.69) is 0 Å². The van der Waals surface area contributed by atoms with E-state index >= 15 is 0 Å². The minimum Gasteiger partial charge on any atom is -0.287 e. The summed E-state index contributed by atoms with van der Waals surface area (Å²) in [7, 11) is 0. The summed E-state index contributed by atoms with van der Waals surface area (Å²) in [6.07, 6.45) is 3.98. The maximum Gasteiger partial charge on any atom is 0.190 e. The number of thioether (sulfide) groups is 1. The standard InChI is InChI=1S/C11H12OS/c1-3-6-10-7-4-5-8-11(10)13-9(2)12/h3-8H,1-2H3. The molecular formula is C11H12OS. The lowest BCUT2D eigenvalue weighted by atomic mass is 10.2. The van der Waals surface area contributed by atoms with Gasteiger partial charge in [-0.25, -0.2) is 0 Å². The molecule has 0 aliphatic rings. The van der Waals surface area contributed by atoms with Crippen molar-refractivity contribution in [1.29, 1.82) is 0 Å². The molecule has 0 saturated carbocycles. The van der Waals surface area contributed by atoms with Gasteiger partial charge in [0.05, 0.1) is 0 Å². The van der Waals surface area contributed by atoms with Crippen molar-refractivity contribution < 1.29 is 4.79 Å². The number of carbonyl (C=O) groups excluding carboxylic acids is 1.